The van der Waals surface area contributed by atoms with E-state index >= 15 is 0 Å². The summed E-state index contributed by atoms with van der Waals surface area (Å²) in [6, 6.07) is 7.25. The Morgan fingerprint density at radius 1 is 1.47 bits per heavy atom. The van der Waals surface area contributed by atoms with Crippen molar-refractivity contribution in [2.24, 2.45) is 0 Å². The average molecular weight is 259 g/mol. The molecule has 0 spiro atoms. The van der Waals surface area contributed by atoms with Crippen molar-refractivity contribution in [3.8, 4) is 0 Å². The minimum atomic E-state index is -0.161. The predicted molar refractivity (Wildman–Crippen MR) is 72.1 cm³/mol. The molecule has 100 valence electrons. The van der Waals surface area contributed by atoms with Crippen LogP contribution in [0.15, 0.2) is 30.5 Å². The number of hydrogen-bond donors (Lipinski definition) is 1. The van der Waals surface area contributed by atoms with Gasteiger partial charge in [-0.15, -0.1) is 0 Å². The summed E-state index contributed by atoms with van der Waals surface area (Å²) < 4.78 is 13.2. The van der Waals surface area contributed by atoms with Crippen LogP contribution in [0.5, 0.6) is 0 Å². The minimum Gasteiger partial charge on any atom is -0.291 e. The number of hydrogen-bond acceptors (Lipinski definition) is 2. The summed E-state index contributed by atoms with van der Waals surface area (Å²) in [5.41, 5.74) is 3.44. The van der Waals surface area contributed by atoms with Gasteiger partial charge in [-0.05, 0) is 49.6 Å². The molecule has 1 aromatic heterocycles. The summed E-state index contributed by atoms with van der Waals surface area (Å²) in [6.07, 6.45) is 4.19. The lowest BCUT2D eigenvalue weighted by Crippen LogP contribution is -2.23. The van der Waals surface area contributed by atoms with E-state index in [2.05, 4.69) is 22.0 Å². The van der Waals surface area contributed by atoms with E-state index in [0.717, 1.165) is 25.1 Å². The maximum atomic E-state index is 13.2. The molecule has 1 atom stereocenters. The van der Waals surface area contributed by atoms with Gasteiger partial charge in [-0.3, -0.25) is 10.00 Å². The fourth-order valence-electron chi connectivity index (χ4n) is 2.91. The van der Waals surface area contributed by atoms with E-state index in [1.54, 1.807) is 12.1 Å². The van der Waals surface area contributed by atoms with E-state index in [9.17, 15) is 4.39 Å². The van der Waals surface area contributed by atoms with Crippen LogP contribution in [0, 0.1) is 12.7 Å². The van der Waals surface area contributed by atoms with Crippen molar-refractivity contribution in [2.75, 3.05) is 6.54 Å². The van der Waals surface area contributed by atoms with Crippen LogP contribution in [0.2, 0.25) is 0 Å². The lowest BCUT2D eigenvalue weighted by Gasteiger charge is -2.24. The molecule has 0 radical (unpaired) electrons. The highest BCUT2D eigenvalue weighted by Crippen LogP contribution is 2.33. The minimum absolute atomic E-state index is 0.161. The summed E-state index contributed by atoms with van der Waals surface area (Å²) >= 11 is 0. The summed E-state index contributed by atoms with van der Waals surface area (Å²) in [4.78, 5) is 2.40. The van der Waals surface area contributed by atoms with Gasteiger partial charge in [0.2, 0.25) is 0 Å². The van der Waals surface area contributed by atoms with Crippen molar-refractivity contribution in [3.05, 3.63) is 53.1 Å². The maximum absolute atomic E-state index is 13.2. The average Bonchev–Trinajstić information content (AvgIpc) is 2.98. The van der Waals surface area contributed by atoms with E-state index in [0.29, 0.717) is 6.04 Å². The first-order valence-electron chi connectivity index (χ1n) is 6.72. The van der Waals surface area contributed by atoms with E-state index in [1.807, 2.05) is 12.3 Å². The highest BCUT2D eigenvalue weighted by atomic mass is 19.1. The van der Waals surface area contributed by atoms with E-state index in [1.165, 1.54) is 23.7 Å². The summed E-state index contributed by atoms with van der Waals surface area (Å²) in [5.74, 6) is -0.161. The van der Waals surface area contributed by atoms with Crippen molar-refractivity contribution in [1.82, 2.24) is 15.1 Å². The quantitative estimate of drug-likeness (QED) is 0.918. The fraction of sp³-hybridized carbons (Fsp3) is 0.400. The number of benzene rings is 1. The first kappa shape index (κ1) is 12.4. The van der Waals surface area contributed by atoms with Crippen LogP contribution >= 0.6 is 0 Å². The Balaban J connectivity index is 1.79. The number of nitrogens with one attached hydrogen (secondary N) is 1. The lowest BCUT2D eigenvalue weighted by atomic mass is 10.1. The number of aromatic nitrogens is 2. The number of rotatable bonds is 3. The molecule has 3 rings (SSSR count). The van der Waals surface area contributed by atoms with Crippen LogP contribution in [0.25, 0.3) is 0 Å². The molecule has 3 nitrogen and oxygen atoms in total. The monoisotopic (exact) mass is 259 g/mol. The van der Waals surface area contributed by atoms with Crippen molar-refractivity contribution in [3.63, 3.8) is 0 Å². The molecule has 0 unspecified atom stereocenters. The molecule has 2 heterocycles. The van der Waals surface area contributed by atoms with Gasteiger partial charge >= 0.3 is 0 Å². The van der Waals surface area contributed by atoms with Gasteiger partial charge in [-0.25, -0.2) is 4.39 Å². The largest absolute Gasteiger partial charge is 0.291 e. The second-order valence-corrected chi connectivity index (χ2v) is 5.23. The van der Waals surface area contributed by atoms with Crippen LogP contribution in [-0.2, 0) is 6.54 Å². The van der Waals surface area contributed by atoms with E-state index in [-0.39, 0.29) is 5.82 Å². The zero-order chi connectivity index (χ0) is 13.2. The van der Waals surface area contributed by atoms with Gasteiger partial charge in [-0.1, -0.05) is 12.1 Å². The summed E-state index contributed by atoms with van der Waals surface area (Å²) in [6.45, 7) is 3.93. The number of H-pyrrole nitrogens is 1. The number of nitrogens with zero attached hydrogens (tertiary/aromatic N) is 2. The lowest BCUT2D eigenvalue weighted by molar-refractivity contribution is 0.243. The molecule has 0 bridgehead atoms. The van der Waals surface area contributed by atoms with Gasteiger partial charge < -0.3 is 0 Å². The SMILES string of the molecule is Cc1cn[nH]c1[C@H]1CCCN1Cc1cccc(F)c1. The Kier molecular flexibility index (Phi) is 3.34. The third-order valence-corrected chi connectivity index (χ3v) is 3.84. The third-order valence-electron chi connectivity index (χ3n) is 3.84. The molecule has 1 saturated heterocycles. The number of aromatic amines is 1. The second-order valence-electron chi connectivity index (χ2n) is 5.23. The maximum Gasteiger partial charge on any atom is 0.123 e. The van der Waals surface area contributed by atoms with Gasteiger partial charge in [0.25, 0.3) is 0 Å². The van der Waals surface area contributed by atoms with Gasteiger partial charge in [0.05, 0.1) is 17.9 Å². The van der Waals surface area contributed by atoms with Crippen molar-refractivity contribution < 1.29 is 4.39 Å². The zero-order valence-electron chi connectivity index (χ0n) is 11.1. The fourth-order valence-corrected chi connectivity index (χ4v) is 2.91. The Morgan fingerprint density at radius 2 is 2.37 bits per heavy atom. The van der Waals surface area contributed by atoms with Crippen molar-refractivity contribution in [2.45, 2.75) is 32.4 Å². The highest BCUT2D eigenvalue weighted by Gasteiger charge is 2.28. The highest BCUT2D eigenvalue weighted by molar-refractivity contribution is 5.21. The Hall–Kier alpha value is -1.68. The molecular weight excluding hydrogens is 241 g/mol. The molecule has 1 aliphatic heterocycles. The van der Waals surface area contributed by atoms with E-state index < -0.39 is 0 Å². The molecule has 1 fully saturated rings. The van der Waals surface area contributed by atoms with Gasteiger partial charge in [0.1, 0.15) is 5.82 Å². The molecule has 19 heavy (non-hydrogen) atoms. The van der Waals surface area contributed by atoms with Gasteiger partial charge in [0.15, 0.2) is 0 Å². The Bertz CT molecular complexity index is 564. The molecule has 0 saturated carbocycles. The Labute approximate surface area is 112 Å². The molecule has 1 aliphatic rings. The predicted octanol–water partition coefficient (Wildman–Crippen LogP) is 3.19. The van der Waals surface area contributed by atoms with Crippen molar-refractivity contribution in [1.29, 1.82) is 0 Å². The molecule has 2 aromatic rings. The van der Waals surface area contributed by atoms with Crippen LogP contribution in [0.3, 0.4) is 0 Å². The smallest absolute Gasteiger partial charge is 0.123 e. The number of aryl methyl sites for hydroxylation is 1. The summed E-state index contributed by atoms with van der Waals surface area (Å²) in [5, 5.41) is 7.22. The topological polar surface area (TPSA) is 31.9 Å². The van der Waals surface area contributed by atoms with Crippen LogP contribution in [0.1, 0.15) is 35.7 Å². The van der Waals surface area contributed by atoms with Crippen LogP contribution < -0.4 is 0 Å². The van der Waals surface area contributed by atoms with Gasteiger partial charge in [0, 0.05) is 6.54 Å². The first-order chi connectivity index (χ1) is 9.24. The second kappa shape index (κ2) is 5.13. The van der Waals surface area contributed by atoms with Crippen LogP contribution in [-0.4, -0.2) is 21.6 Å². The number of likely N-dealkylation sites (tertiary alicyclic amines) is 1. The van der Waals surface area contributed by atoms with Gasteiger partial charge in [-0.2, -0.15) is 5.10 Å². The molecule has 0 aliphatic carbocycles. The normalized spacial score (nSPS) is 20.0. The molecular formula is C15H18FN3. The molecule has 0 amide bonds. The van der Waals surface area contributed by atoms with Crippen molar-refractivity contribution >= 4 is 0 Å². The standard InChI is InChI=1S/C15H18FN3/c1-11-9-17-18-15(11)14-6-3-7-19(14)10-12-4-2-5-13(16)8-12/h2,4-5,8-9,14H,3,6-7,10H2,1H3,(H,17,18)/t14-/m1/s1. The first-order valence-corrected chi connectivity index (χ1v) is 6.72. The zero-order valence-corrected chi connectivity index (χ0v) is 11.1. The molecule has 4 heteroatoms. The summed E-state index contributed by atoms with van der Waals surface area (Å²) in [7, 11) is 0. The molecule has 1 aromatic carbocycles. The molecule has 1 N–H and O–H groups in total. The third kappa shape index (κ3) is 2.54. The van der Waals surface area contributed by atoms with E-state index in [4.69, 9.17) is 0 Å². The van der Waals surface area contributed by atoms with Crippen LogP contribution in [0.4, 0.5) is 4.39 Å². The number of halogens is 1. The Morgan fingerprint density at radius 3 is 3.11 bits per heavy atom.